The minimum atomic E-state index is -1.21. The first-order valence-corrected chi connectivity index (χ1v) is 4.22. The molecule has 62 valence electrons. The lowest BCUT2D eigenvalue weighted by Gasteiger charge is -2.01. The summed E-state index contributed by atoms with van der Waals surface area (Å²) < 4.78 is 0.637. The molecule has 0 saturated heterocycles. The molecule has 0 aliphatic rings. The molecule has 3 nitrogen and oxygen atoms in total. The summed E-state index contributed by atoms with van der Waals surface area (Å²) in [6.07, 6.45) is -1.21. The van der Waals surface area contributed by atoms with Crippen LogP contribution in [-0.4, -0.2) is 10.1 Å². The second-order valence-corrected chi connectivity index (χ2v) is 3.25. The van der Waals surface area contributed by atoms with E-state index in [2.05, 4.69) is 20.9 Å². The van der Waals surface area contributed by atoms with E-state index in [0.29, 0.717) is 4.47 Å². The van der Waals surface area contributed by atoms with Gasteiger partial charge in [-0.1, -0.05) is 11.6 Å². The van der Waals surface area contributed by atoms with Crippen molar-refractivity contribution in [3.8, 4) is 6.07 Å². The highest BCUT2D eigenvalue weighted by Crippen LogP contribution is 2.21. The molecule has 0 aliphatic heterocycles. The minimum absolute atomic E-state index is 0.238. The van der Waals surface area contributed by atoms with Crippen molar-refractivity contribution in [3.05, 3.63) is 27.5 Å². The highest BCUT2D eigenvalue weighted by molar-refractivity contribution is 9.10. The number of hydrogen-bond acceptors (Lipinski definition) is 3. The maximum absolute atomic E-state index is 9.05. The lowest BCUT2D eigenvalue weighted by molar-refractivity contribution is 0.231. The average Bonchev–Trinajstić information content (AvgIpc) is 2.08. The third-order valence-corrected chi connectivity index (χ3v) is 2.38. The van der Waals surface area contributed by atoms with Crippen LogP contribution in [0.1, 0.15) is 11.8 Å². The fourth-order valence-corrected chi connectivity index (χ4v) is 1.03. The van der Waals surface area contributed by atoms with Crippen LogP contribution in [-0.2, 0) is 0 Å². The number of hydrogen-bond donors (Lipinski definition) is 1. The molecule has 1 rings (SSSR count). The van der Waals surface area contributed by atoms with Crippen LogP contribution in [0.3, 0.4) is 0 Å². The topological polar surface area (TPSA) is 56.9 Å². The summed E-state index contributed by atoms with van der Waals surface area (Å²) in [6.45, 7) is 0. The highest BCUT2D eigenvalue weighted by Gasteiger charge is 2.08. The van der Waals surface area contributed by atoms with E-state index in [1.165, 1.54) is 6.07 Å². The van der Waals surface area contributed by atoms with Crippen molar-refractivity contribution in [2.45, 2.75) is 6.10 Å². The number of rotatable bonds is 1. The summed E-state index contributed by atoms with van der Waals surface area (Å²) in [6, 6.07) is 4.81. The molecule has 0 radical (unpaired) electrons. The Hall–Kier alpha value is -0.630. The van der Waals surface area contributed by atoms with Gasteiger partial charge >= 0.3 is 0 Å². The third kappa shape index (κ3) is 1.95. The van der Waals surface area contributed by atoms with E-state index in [9.17, 15) is 0 Å². The van der Waals surface area contributed by atoms with Crippen LogP contribution in [0, 0.1) is 11.3 Å². The molecule has 1 aromatic rings. The molecular formula is C7H4BrClN2O. The van der Waals surface area contributed by atoms with E-state index in [0.717, 1.165) is 0 Å². The Bertz CT molecular complexity index is 337. The maximum atomic E-state index is 9.05. The van der Waals surface area contributed by atoms with Gasteiger partial charge in [-0.25, -0.2) is 4.98 Å². The Morgan fingerprint density at radius 1 is 1.67 bits per heavy atom. The lowest BCUT2D eigenvalue weighted by Crippen LogP contribution is -1.97. The monoisotopic (exact) mass is 246 g/mol. The second kappa shape index (κ2) is 3.85. The number of aliphatic hydroxyl groups is 1. The summed E-state index contributed by atoms with van der Waals surface area (Å²) in [5.74, 6) is 0. The first-order chi connectivity index (χ1) is 5.65. The van der Waals surface area contributed by atoms with Crippen LogP contribution in [0.15, 0.2) is 16.6 Å². The van der Waals surface area contributed by atoms with Gasteiger partial charge in [0.1, 0.15) is 11.2 Å². The summed E-state index contributed by atoms with van der Waals surface area (Å²) in [4.78, 5) is 3.79. The van der Waals surface area contributed by atoms with Gasteiger partial charge in [-0.2, -0.15) is 5.26 Å². The predicted molar refractivity (Wildman–Crippen MR) is 47.5 cm³/mol. The van der Waals surface area contributed by atoms with E-state index in [4.69, 9.17) is 22.0 Å². The fraction of sp³-hybridized carbons (Fsp3) is 0.143. The van der Waals surface area contributed by atoms with Gasteiger partial charge in [0.2, 0.25) is 0 Å². The molecule has 0 aromatic carbocycles. The summed E-state index contributed by atoms with van der Waals surface area (Å²) in [5, 5.41) is 17.6. The highest BCUT2D eigenvalue weighted by atomic mass is 79.9. The number of aromatic nitrogens is 1. The van der Waals surface area contributed by atoms with Crippen LogP contribution in [0.25, 0.3) is 0 Å². The molecule has 1 aromatic heterocycles. The Morgan fingerprint density at radius 2 is 2.33 bits per heavy atom. The van der Waals surface area contributed by atoms with Gasteiger partial charge in [0.05, 0.1) is 10.2 Å². The smallest absolute Gasteiger partial charge is 0.183 e. The largest absolute Gasteiger partial charge is 0.373 e. The van der Waals surface area contributed by atoms with Gasteiger partial charge in [-0.15, -0.1) is 0 Å². The van der Waals surface area contributed by atoms with Crippen molar-refractivity contribution < 1.29 is 5.11 Å². The van der Waals surface area contributed by atoms with Gasteiger partial charge in [0.25, 0.3) is 0 Å². The predicted octanol–water partition coefficient (Wildman–Crippen LogP) is 2.05. The fourth-order valence-electron chi connectivity index (χ4n) is 0.650. The Balaban J connectivity index is 3.06. The molecule has 1 unspecified atom stereocenters. The molecular weight excluding hydrogens is 243 g/mol. The van der Waals surface area contributed by atoms with Crippen molar-refractivity contribution >= 4 is 27.5 Å². The van der Waals surface area contributed by atoms with E-state index < -0.39 is 6.10 Å². The number of aliphatic hydroxyl groups excluding tert-OH is 1. The van der Waals surface area contributed by atoms with Crippen molar-refractivity contribution in [1.29, 1.82) is 5.26 Å². The van der Waals surface area contributed by atoms with Crippen LogP contribution < -0.4 is 0 Å². The summed E-state index contributed by atoms with van der Waals surface area (Å²) >= 11 is 8.78. The van der Waals surface area contributed by atoms with Crippen molar-refractivity contribution in [1.82, 2.24) is 4.98 Å². The van der Waals surface area contributed by atoms with E-state index in [1.807, 2.05) is 0 Å². The molecule has 1 N–H and O–H groups in total. The molecule has 0 aliphatic carbocycles. The Labute approximate surface area is 82.7 Å². The minimum Gasteiger partial charge on any atom is -0.373 e. The molecule has 1 atom stereocenters. The Morgan fingerprint density at radius 3 is 2.83 bits per heavy atom. The van der Waals surface area contributed by atoms with Gasteiger partial charge in [-0.05, 0) is 28.1 Å². The van der Waals surface area contributed by atoms with Crippen LogP contribution in [0.2, 0.25) is 5.15 Å². The molecule has 1 heterocycles. The number of halogens is 2. The number of nitriles is 1. The number of pyridine rings is 1. The molecule has 0 amide bonds. The van der Waals surface area contributed by atoms with E-state index in [1.54, 1.807) is 12.1 Å². The van der Waals surface area contributed by atoms with Crippen molar-refractivity contribution in [3.63, 3.8) is 0 Å². The SMILES string of the molecule is N#CC(O)c1ccc(Br)c(Cl)n1. The first-order valence-electron chi connectivity index (χ1n) is 3.05. The van der Waals surface area contributed by atoms with Crippen LogP contribution >= 0.6 is 27.5 Å². The van der Waals surface area contributed by atoms with Crippen molar-refractivity contribution in [2.24, 2.45) is 0 Å². The molecule has 0 fully saturated rings. The second-order valence-electron chi connectivity index (χ2n) is 2.04. The number of nitrogens with zero attached hydrogens (tertiary/aromatic N) is 2. The third-order valence-electron chi connectivity index (χ3n) is 1.23. The molecule has 0 bridgehead atoms. The van der Waals surface area contributed by atoms with Gasteiger partial charge < -0.3 is 5.11 Å². The zero-order valence-electron chi connectivity index (χ0n) is 5.83. The summed E-state index contributed by atoms with van der Waals surface area (Å²) in [7, 11) is 0. The quantitative estimate of drug-likeness (QED) is 0.610. The molecule has 12 heavy (non-hydrogen) atoms. The standard InChI is InChI=1S/C7H4BrClN2O/c8-4-1-2-5(6(12)3-10)11-7(4)9/h1-2,6,12H. The zero-order chi connectivity index (χ0) is 9.14. The van der Waals surface area contributed by atoms with Crippen LogP contribution in [0.4, 0.5) is 0 Å². The van der Waals surface area contributed by atoms with E-state index >= 15 is 0 Å². The van der Waals surface area contributed by atoms with Crippen LogP contribution in [0.5, 0.6) is 0 Å². The normalized spacial score (nSPS) is 12.2. The van der Waals surface area contributed by atoms with Gasteiger partial charge in [0.15, 0.2) is 6.10 Å². The average molecular weight is 247 g/mol. The molecule has 5 heteroatoms. The zero-order valence-corrected chi connectivity index (χ0v) is 8.17. The molecule has 0 saturated carbocycles. The van der Waals surface area contributed by atoms with Gasteiger partial charge in [-0.3, -0.25) is 0 Å². The Kier molecular flexibility index (Phi) is 3.04. The summed E-state index contributed by atoms with van der Waals surface area (Å²) in [5.41, 5.74) is 0.255. The lowest BCUT2D eigenvalue weighted by atomic mass is 10.2. The van der Waals surface area contributed by atoms with Gasteiger partial charge in [0, 0.05) is 0 Å². The van der Waals surface area contributed by atoms with E-state index in [-0.39, 0.29) is 10.8 Å². The first kappa shape index (κ1) is 9.46. The molecule has 0 spiro atoms. The van der Waals surface area contributed by atoms with Crippen molar-refractivity contribution in [2.75, 3.05) is 0 Å². The maximum Gasteiger partial charge on any atom is 0.183 e.